The number of rotatable bonds is 9. The first-order chi connectivity index (χ1) is 12.4. The van der Waals surface area contributed by atoms with Crippen molar-refractivity contribution in [3.8, 4) is 0 Å². The number of nitrogens with zero attached hydrogens (tertiary/aromatic N) is 1. The van der Waals surface area contributed by atoms with Gasteiger partial charge in [0.05, 0.1) is 6.54 Å². The van der Waals surface area contributed by atoms with Crippen LogP contribution in [0.1, 0.15) is 75.5 Å². The molecule has 142 valence electrons. The van der Waals surface area contributed by atoms with Gasteiger partial charge in [-0.1, -0.05) is 55.0 Å². The fourth-order valence-corrected chi connectivity index (χ4v) is 3.76. The molecule has 0 amide bonds. The highest BCUT2D eigenvalue weighted by atomic mass is 14.7. The number of hydrogen-bond donors (Lipinski definition) is 1. The summed E-state index contributed by atoms with van der Waals surface area (Å²) in [6, 6.07) is 6.84. The molecule has 1 saturated carbocycles. The van der Waals surface area contributed by atoms with Crippen LogP contribution in [0.5, 0.6) is 0 Å². The van der Waals surface area contributed by atoms with Crippen LogP contribution in [0.4, 0.5) is 0 Å². The Morgan fingerprint density at radius 3 is 2.62 bits per heavy atom. The lowest BCUT2D eigenvalue weighted by Crippen LogP contribution is -2.02. The first-order valence-corrected chi connectivity index (χ1v) is 10.1. The van der Waals surface area contributed by atoms with E-state index in [2.05, 4.69) is 31.7 Å². The van der Waals surface area contributed by atoms with Gasteiger partial charge < -0.3 is 5.73 Å². The second-order valence-electron chi connectivity index (χ2n) is 8.10. The zero-order valence-electron chi connectivity index (χ0n) is 17.0. The topological polar surface area (TPSA) is 38.4 Å². The molecule has 0 saturated heterocycles. The van der Waals surface area contributed by atoms with Crippen molar-refractivity contribution in [1.82, 2.24) is 0 Å². The van der Waals surface area contributed by atoms with E-state index in [1.807, 2.05) is 19.9 Å². The lowest BCUT2D eigenvalue weighted by Gasteiger charge is -2.12. The normalized spacial score (nSPS) is 16.3. The van der Waals surface area contributed by atoms with Crippen molar-refractivity contribution < 1.29 is 0 Å². The Balaban J connectivity index is 1.99. The standard InChI is InChI=1S/C24H36N2/c1-18(2)9-14-24(25)16-20(4)26-17-23-15-19(3)10-12-22(23)13-11-21-7-5-6-8-21/h10,12,15-16,21H,1,5-9,11,13-14,17,25H2,2-4H3. The predicted molar refractivity (Wildman–Crippen MR) is 115 cm³/mol. The molecule has 2 N–H and O–H groups in total. The molecule has 0 heterocycles. The molecule has 2 nitrogen and oxygen atoms in total. The summed E-state index contributed by atoms with van der Waals surface area (Å²) in [6.07, 6.45) is 12.0. The van der Waals surface area contributed by atoms with E-state index in [1.165, 1.54) is 60.8 Å². The van der Waals surface area contributed by atoms with Crippen molar-refractivity contribution >= 4 is 5.71 Å². The molecule has 0 radical (unpaired) electrons. The van der Waals surface area contributed by atoms with Crippen LogP contribution in [0.25, 0.3) is 0 Å². The highest BCUT2D eigenvalue weighted by Gasteiger charge is 2.15. The number of aryl methyl sites for hydroxylation is 2. The third kappa shape index (κ3) is 7.19. The summed E-state index contributed by atoms with van der Waals surface area (Å²) in [6.45, 7) is 10.9. The van der Waals surface area contributed by atoms with Crippen LogP contribution < -0.4 is 5.73 Å². The van der Waals surface area contributed by atoms with Crippen molar-refractivity contribution in [3.05, 3.63) is 58.8 Å². The van der Waals surface area contributed by atoms with E-state index >= 15 is 0 Å². The summed E-state index contributed by atoms with van der Waals surface area (Å²) >= 11 is 0. The molecule has 1 aliphatic rings. The Labute approximate surface area is 160 Å². The number of benzene rings is 1. The van der Waals surface area contributed by atoms with E-state index in [0.717, 1.165) is 36.7 Å². The van der Waals surface area contributed by atoms with E-state index in [-0.39, 0.29) is 0 Å². The van der Waals surface area contributed by atoms with Crippen LogP contribution in [-0.2, 0) is 13.0 Å². The van der Waals surface area contributed by atoms with Gasteiger partial charge in [0.1, 0.15) is 0 Å². The second kappa shape index (κ2) is 10.4. The lowest BCUT2D eigenvalue weighted by atomic mass is 9.94. The molecular weight excluding hydrogens is 316 g/mol. The van der Waals surface area contributed by atoms with Crippen molar-refractivity contribution in [2.24, 2.45) is 16.6 Å². The molecule has 0 aliphatic heterocycles. The van der Waals surface area contributed by atoms with Gasteiger partial charge in [0.2, 0.25) is 0 Å². The average Bonchev–Trinajstić information content (AvgIpc) is 3.11. The maximum Gasteiger partial charge on any atom is 0.0645 e. The fraction of sp³-hybridized carbons (Fsp3) is 0.542. The van der Waals surface area contributed by atoms with E-state index < -0.39 is 0 Å². The Hall–Kier alpha value is -1.83. The molecule has 2 heteroatoms. The van der Waals surface area contributed by atoms with Gasteiger partial charge >= 0.3 is 0 Å². The fourth-order valence-electron chi connectivity index (χ4n) is 3.76. The van der Waals surface area contributed by atoms with E-state index in [1.54, 1.807) is 0 Å². The Morgan fingerprint density at radius 2 is 1.92 bits per heavy atom. The summed E-state index contributed by atoms with van der Waals surface area (Å²) in [5.41, 5.74) is 13.3. The molecule has 2 rings (SSSR count). The van der Waals surface area contributed by atoms with Crippen LogP contribution >= 0.6 is 0 Å². The van der Waals surface area contributed by atoms with Gasteiger partial charge in [-0.25, -0.2) is 0 Å². The predicted octanol–water partition coefficient (Wildman–Crippen LogP) is 6.28. The first kappa shape index (κ1) is 20.5. The third-order valence-electron chi connectivity index (χ3n) is 5.39. The minimum atomic E-state index is 0.748. The minimum Gasteiger partial charge on any atom is -0.402 e. The third-order valence-corrected chi connectivity index (χ3v) is 5.39. The number of nitrogens with two attached hydrogens (primary N) is 1. The van der Waals surface area contributed by atoms with Gasteiger partial charge in [-0.3, -0.25) is 4.99 Å². The van der Waals surface area contributed by atoms with Gasteiger partial charge in [0.15, 0.2) is 0 Å². The van der Waals surface area contributed by atoms with Crippen molar-refractivity contribution in [3.63, 3.8) is 0 Å². The molecule has 1 aliphatic carbocycles. The molecule has 0 spiro atoms. The van der Waals surface area contributed by atoms with Gasteiger partial charge in [0.25, 0.3) is 0 Å². The molecule has 1 fully saturated rings. The zero-order valence-corrected chi connectivity index (χ0v) is 17.0. The first-order valence-electron chi connectivity index (χ1n) is 10.1. The second-order valence-corrected chi connectivity index (χ2v) is 8.10. The molecule has 1 aromatic carbocycles. The van der Waals surface area contributed by atoms with E-state index in [9.17, 15) is 0 Å². The van der Waals surface area contributed by atoms with Crippen molar-refractivity contribution in [1.29, 1.82) is 0 Å². The quantitative estimate of drug-likeness (QED) is 0.412. The highest BCUT2D eigenvalue weighted by Crippen LogP contribution is 2.29. The number of hydrogen-bond acceptors (Lipinski definition) is 2. The summed E-state index contributed by atoms with van der Waals surface area (Å²) in [4.78, 5) is 4.78. The largest absolute Gasteiger partial charge is 0.402 e. The Kier molecular flexibility index (Phi) is 8.15. The molecule has 0 aromatic heterocycles. The van der Waals surface area contributed by atoms with E-state index in [0.29, 0.717) is 0 Å². The minimum absolute atomic E-state index is 0.748. The van der Waals surface area contributed by atoms with Crippen LogP contribution in [0, 0.1) is 12.8 Å². The van der Waals surface area contributed by atoms with Crippen molar-refractivity contribution in [2.45, 2.75) is 78.7 Å². The summed E-state index contributed by atoms with van der Waals surface area (Å²) < 4.78 is 0. The highest BCUT2D eigenvalue weighted by molar-refractivity contribution is 5.93. The molecule has 1 aromatic rings. The monoisotopic (exact) mass is 352 g/mol. The van der Waals surface area contributed by atoms with Crippen LogP contribution in [0.3, 0.4) is 0 Å². The lowest BCUT2D eigenvalue weighted by molar-refractivity contribution is 0.503. The van der Waals surface area contributed by atoms with Gasteiger partial charge in [-0.15, -0.1) is 6.58 Å². The Morgan fingerprint density at radius 1 is 1.19 bits per heavy atom. The molecule has 0 atom stereocenters. The average molecular weight is 353 g/mol. The maximum atomic E-state index is 6.10. The van der Waals surface area contributed by atoms with Gasteiger partial charge in [-0.2, -0.15) is 0 Å². The zero-order chi connectivity index (χ0) is 18.9. The van der Waals surface area contributed by atoms with Crippen LogP contribution in [0.15, 0.2) is 47.1 Å². The van der Waals surface area contributed by atoms with E-state index in [4.69, 9.17) is 10.7 Å². The van der Waals surface area contributed by atoms with Crippen LogP contribution in [-0.4, -0.2) is 5.71 Å². The smallest absolute Gasteiger partial charge is 0.0645 e. The van der Waals surface area contributed by atoms with Crippen LogP contribution in [0.2, 0.25) is 0 Å². The number of aliphatic imine (C=N–C) groups is 1. The number of allylic oxidation sites excluding steroid dienone is 3. The molecule has 0 unspecified atom stereocenters. The van der Waals surface area contributed by atoms with Crippen molar-refractivity contribution in [2.75, 3.05) is 0 Å². The van der Waals surface area contributed by atoms with Gasteiger partial charge in [-0.05, 0) is 69.6 Å². The summed E-state index contributed by atoms with van der Waals surface area (Å²) in [7, 11) is 0. The summed E-state index contributed by atoms with van der Waals surface area (Å²) in [5, 5.41) is 0. The molecular formula is C24H36N2. The Bertz CT molecular complexity index is 661. The maximum absolute atomic E-state index is 6.10. The SMILES string of the molecule is C=C(C)CCC(N)=CC(C)=NCc1cc(C)ccc1CCC1CCCC1. The van der Waals surface area contributed by atoms with Gasteiger partial charge in [0, 0.05) is 11.4 Å². The summed E-state index contributed by atoms with van der Waals surface area (Å²) in [5.74, 6) is 0.936. The molecule has 26 heavy (non-hydrogen) atoms. The molecule has 0 bridgehead atoms.